The second-order valence-electron chi connectivity index (χ2n) is 8.60. The van der Waals surface area contributed by atoms with Crippen molar-refractivity contribution in [1.29, 1.82) is 0 Å². The first-order valence-electron chi connectivity index (χ1n) is 12.1. The summed E-state index contributed by atoms with van der Waals surface area (Å²) in [4.78, 5) is 31.3. The van der Waals surface area contributed by atoms with Gasteiger partial charge in [0, 0.05) is 12.1 Å². The van der Waals surface area contributed by atoms with Crippen LogP contribution in [0.4, 0.5) is 10.1 Å². The van der Waals surface area contributed by atoms with Crippen molar-refractivity contribution < 1.29 is 18.2 Å². The Morgan fingerprint density at radius 1 is 1.00 bits per heavy atom. The molecule has 0 aliphatic carbocycles. The third kappa shape index (κ3) is 5.55. The van der Waals surface area contributed by atoms with Gasteiger partial charge in [0.05, 0.1) is 38.4 Å². The van der Waals surface area contributed by atoms with Crippen LogP contribution in [0.1, 0.15) is 46.5 Å². The van der Waals surface area contributed by atoms with Crippen LogP contribution in [0.3, 0.4) is 0 Å². The number of halogens is 1. The zero-order valence-corrected chi connectivity index (χ0v) is 21.3. The van der Waals surface area contributed by atoms with E-state index < -0.39 is 10.8 Å². The molecular weight excluding hydrogens is 477 g/mol. The molecule has 1 heterocycles. The number of hydrogen-bond acceptors (Lipinski definition) is 4. The summed E-state index contributed by atoms with van der Waals surface area (Å²) in [6, 6.07) is 17.7. The minimum Gasteiger partial charge on any atom is -0.352 e. The Hall–Kier alpha value is -3.36. The number of anilines is 1. The van der Waals surface area contributed by atoms with Crippen molar-refractivity contribution in [3.63, 3.8) is 0 Å². The van der Waals surface area contributed by atoms with Gasteiger partial charge in [-0.05, 0) is 74.1 Å². The maximum Gasteiger partial charge on any atom is 0.259 e. The highest BCUT2D eigenvalue weighted by atomic mass is 32.2. The van der Waals surface area contributed by atoms with Crippen molar-refractivity contribution in [2.24, 2.45) is 0 Å². The van der Waals surface area contributed by atoms with Gasteiger partial charge in [-0.15, -0.1) is 0 Å². The van der Waals surface area contributed by atoms with Gasteiger partial charge < -0.3 is 15.1 Å². The molecule has 2 amide bonds. The highest BCUT2D eigenvalue weighted by Crippen LogP contribution is 2.36. The molecule has 36 heavy (non-hydrogen) atoms. The Morgan fingerprint density at radius 3 is 2.44 bits per heavy atom. The Bertz CT molecular complexity index is 1280. The zero-order valence-electron chi connectivity index (χ0n) is 20.5. The average Bonchev–Trinajstić information content (AvgIpc) is 2.99. The van der Waals surface area contributed by atoms with Crippen molar-refractivity contribution in [3.05, 3.63) is 89.2 Å². The Labute approximate surface area is 213 Å². The van der Waals surface area contributed by atoms with E-state index in [4.69, 9.17) is 0 Å². The molecule has 0 spiro atoms. The van der Waals surface area contributed by atoms with Gasteiger partial charge in [-0.1, -0.05) is 38.1 Å². The summed E-state index contributed by atoms with van der Waals surface area (Å²) in [7, 11) is -1.61. The number of carbonyl (C=O) groups excluding carboxylic acids is 2. The van der Waals surface area contributed by atoms with E-state index in [0.29, 0.717) is 38.7 Å². The van der Waals surface area contributed by atoms with Crippen molar-refractivity contribution in [2.75, 3.05) is 31.1 Å². The van der Waals surface area contributed by atoms with Crippen molar-refractivity contribution in [1.82, 2.24) is 10.2 Å². The lowest BCUT2D eigenvalue weighted by Gasteiger charge is -2.23. The van der Waals surface area contributed by atoms with Crippen molar-refractivity contribution in [2.45, 2.75) is 36.6 Å². The Morgan fingerprint density at radius 2 is 1.72 bits per heavy atom. The fourth-order valence-corrected chi connectivity index (χ4v) is 5.63. The van der Waals surface area contributed by atoms with E-state index in [1.807, 2.05) is 0 Å². The van der Waals surface area contributed by atoms with E-state index in [2.05, 4.69) is 24.1 Å². The molecule has 0 aromatic heterocycles. The summed E-state index contributed by atoms with van der Waals surface area (Å²) in [5.74, 6) is -0.939. The quantitative estimate of drug-likeness (QED) is 0.430. The number of carbonyl (C=O) groups is 2. The largest absolute Gasteiger partial charge is 0.352 e. The van der Waals surface area contributed by atoms with Crippen molar-refractivity contribution in [3.8, 4) is 0 Å². The number of fused-ring (bicyclic) bond motifs is 2. The van der Waals surface area contributed by atoms with Gasteiger partial charge in [0.15, 0.2) is 0 Å². The standard InChI is InChI=1S/C28H30FN3O3S/c1-3-31(4-2)17-7-16-30-27(33)21-12-15-26-24(18-21)32(19-20-10-13-22(29)14-11-20)28(34)23-8-5-6-9-25(23)36(26)35/h5-6,8-15,18H,3-4,7,16-17,19H2,1-2H3,(H,30,33). The van der Waals surface area contributed by atoms with E-state index in [9.17, 15) is 18.2 Å². The molecule has 1 atom stereocenters. The van der Waals surface area contributed by atoms with Crippen LogP contribution in [0.15, 0.2) is 76.5 Å². The van der Waals surface area contributed by atoms with Gasteiger partial charge in [-0.3, -0.25) is 9.59 Å². The zero-order chi connectivity index (χ0) is 25.7. The number of nitrogens with one attached hydrogen (secondary N) is 1. The normalized spacial score (nSPS) is 14.8. The van der Waals surface area contributed by atoms with Crippen LogP contribution in [0, 0.1) is 5.82 Å². The lowest BCUT2D eigenvalue weighted by Crippen LogP contribution is -2.31. The topological polar surface area (TPSA) is 69.7 Å². The fraction of sp³-hybridized carbons (Fsp3) is 0.286. The molecule has 0 fully saturated rings. The number of hydrogen-bond donors (Lipinski definition) is 1. The number of rotatable bonds is 9. The van der Waals surface area contributed by atoms with Gasteiger partial charge in [-0.2, -0.15) is 0 Å². The first-order chi connectivity index (χ1) is 17.4. The maximum absolute atomic E-state index is 13.6. The molecule has 0 saturated carbocycles. The lowest BCUT2D eigenvalue weighted by molar-refractivity contribution is 0.0948. The molecular formula is C28H30FN3O3S. The van der Waals surface area contributed by atoms with E-state index in [0.717, 1.165) is 26.1 Å². The molecule has 0 bridgehead atoms. The van der Waals surface area contributed by atoms with E-state index in [1.54, 1.807) is 54.6 Å². The SMILES string of the molecule is CCN(CC)CCCNC(=O)c1ccc2c(c1)N(Cc1ccc(F)cc1)C(=O)c1ccccc1S2=O. The van der Waals surface area contributed by atoms with Crippen molar-refractivity contribution >= 4 is 28.3 Å². The molecule has 1 unspecified atom stereocenters. The fourth-order valence-electron chi connectivity index (χ4n) is 4.28. The molecule has 0 saturated heterocycles. The molecule has 6 nitrogen and oxygen atoms in total. The second-order valence-corrected chi connectivity index (χ2v) is 10.0. The Balaban J connectivity index is 1.65. The van der Waals surface area contributed by atoms with Gasteiger partial charge in [-0.25, -0.2) is 8.60 Å². The van der Waals surface area contributed by atoms with Crippen LogP contribution in [-0.2, 0) is 17.3 Å². The van der Waals surface area contributed by atoms with Crippen LogP contribution in [-0.4, -0.2) is 47.1 Å². The lowest BCUT2D eigenvalue weighted by atomic mass is 10.1. The second kappa shape index (κ2) is 11.6. The van der Waals surface area contributed by atoms with E-state index in [-0.39, 0.29) is 24.2 Å². The molecule has 0 radical (unpaired) electrons. The van der Waals surface area contributed by atoms with E-state index in [1.165, 1.54) is 17.0 Å². The monoisotopic (exact) mass is 507 g/mol. The summed E-state index contributed by atoms with van der Waals surface area (Å²) < 4.78 is 27.0. The summed E-state index contributed by atoms with van der Waals surface area (Å²) in [5, 5.41) is 2.95. The molecule has 3 aromatic carbocycles. The molecule has 4 rings (SSSR count). The van der Waals surface area contributed by atoms with Gasteiger partial charge >= 0.3 is 0 Å². The molecule has 1 N–H and O–H groups in total. The first kappa shape index (κ1) is 25.7. The summed E-state index contributed by atoms with van der Waals surface area (Å²) >= 11 is 0. The highest BCUT2D eigenvalue weighted by Gasteiger charge is 2.31. The summed E-state index contributed by atoms with van der Waals surface area (Å²) in [6.07, 6.45) is 0.826. The average molecular weight is 508 g/mol. The van der Waals surface area contributed by atoms with Gasteiger partial charge in [0.25, 0.3) is 11.8 Å². The van der Waals surface area contributed by atoms with Crippen LogP contribution in [0.2, 0.25) is 0 Å². The molecule has 1 aliphatic rings. The maximum atomic E-state index is 13.6. The van der Waals surface area contributed by atoms with Crippen LogP contribution in [0.25, 0.3) is 0 Å². The molecule has 8 heteroatoms. The van der Waals surface area contributed by atoms with Crippen LogP contribution in [0.5, 0.6) is 0 Å². The number of nitrogens with zero attached hydrogens (tertiary/aromatic N) is 2. The van der Waals surface area contributed by atoms with Crippen LogP contribution < -0.4 is 10.2 Å². The van der Waals surface area contributed by atoms with E-state index >= 15 is 0 Å². The molecule has 188 valence electrons. The summed E-state index contributed by atoms with van der Waals surface area (Å²) in [6.45, 7) is 7.72. The molecule has 3 aromatic rings. The summed E-state index contributed by atoms with van der Waals surface area (Å²) in [5.41, 5.74) is 1.86. The third-order valence-corrected chi connectivity index (χ3v) is 7.86. The predicted molar refractivity (Wildman–Crippen MR) is 139 cm³/mol. The van der Waals surface area contributed by atoms with Crippen LogP contribution >= 0.6 is 0 Å². The smallest absolute Gasteiger partial charge is 0.259 e. The van der Waals surface area contributed by atoms with Gasteiger partial charge in [0.2, 0.25) is 0 Å². The number of amides is 2. The predicted octanol–water partition coefficient (Wildman–Crippen LogP) is 4.61. The third-order valence-electron chi connectivity index (χ3n) is 6.36. The first-order valence-corrected chi connectivity index (χ1v) is 13.3. The number of benzene rings is 3. The minimum atomic E-state index is -1.61. The van der Waals surface area contributed by atoms with Gasteiger partial charge in [0.1, 0.15) is 5.82 Å². The Kier molecular flexibility index (Phi) is 8.28. The highest BCUT2D eigenvalue weighted by molar-refractivity contribution is 7.85. The minimum absolute atomic E-state index is 0.145. The molecule has 1 aliphatic heterocycles.